The van der Waals surface area contributed by atoms with Crippen LogP contribution in [0.2, 0.25) is 0 Å². The average Bonchev–Trinajstić information content (AvgIpc) is 2.47. The van der Waals surface area contributed by atoms with Crippen LogP contribution in [0.5, 0.6) is 0 Å². The summed E-state index contributed by atoms with van der Waals surface area (Å²) in [4.78, 5) is 21.6. The molecule has 30 heavy (non-hydrogen) atoms. The van der Waals surface area contributed by atoms with Gasteiger partial charge in [0, 0.05) is 0 Å². The summed E-state index contributed by atoms with van der Waals surface area (Å²) in [7, 11) is 0. The van der Waals surface area contributed by atoms with E-state index in [0.717, 1.165) is 0 Å². The Morgan fingerprint density at radius 2 is 0.567 bits per heavy atom. The minimum Gasteiger partial charge on any atom is -0.260 e. The molecule has 0 unspecified atom stereocenters. The van der Waals surface area contributed by atoms with Crippen molar-refractivity contribution in [2.24, 2.45) is 10.8 Å². The minimum atomic E-state index is -8.10. The number of carbonyl (C=O) groups is 2. The van der Waals surface area contributed by atoms with Gasteiger partial charge in [0.2, 0.25) is 0 Å². The molecule has 4 aliphatic carbocycles. The van der Waals surface area contributed by atoms with Crippen molar-refractivity contribution >= 4 is 12.1 Å². The van der Waals surface area contributed by atoms with Crippen molar-refractivity contribution in [3.05, 3.63) is 0 Å². The molecule has 4 saturated carbocycles. The smallest absolute Gasteiger partial charge is 0.260 e. The molecule has 0 aromatic carbocycles. The molecule has 0 aliphatic heterocycles. The highest BCUT2D eigenvalue weighted by Gasteiger charge is 3.24. The first kappa shape index (κ1) is 22.9. The largest absolute Gasteiger partial charge is 0.339 e. The zero-order valence-corrected chi connectivity index (χ0v) is 12.9. The van der Waals surface area contributed by atoms with Gasteiger partial charge in [-0.1, -0.05) is 0 Å². The van der Waals surface area contributed by atoms with Gasteiger partial charge in [-0.15, -0.1) is 0 Å². The van der Waals surface area contributed by atoms with E-state index >= 15 is 0 Å². The Morgan fingerprint density at radius 1 is 0.367 bits per heavy atom. The Labute approximate surface area is 151 Å². The highest BCUT2D eigenvalue weighted by Crippen LogP contribution is 2.92. The van der Waals surface area contributed by atoms with Gasteiger partial charge in [0.15, 0.2) is 0 Å². The molecule has 0 atom stereocenters. The third kappa shape index (κ3) is 1.19. The van der Waals surface area contributed by atoms with E-state index in [9.17, 15) is 79.8 Å². The predicted octanol–water partition coefficient (Wildman–Crippen LogP) is 4.22. The van der Waals surface area contributed by atoms with Crippen LogP contribution >= 0.6 is 0 Å². The van der Waals surface area contributed by atoms with Crippen molar-refractivity contribution in [3.63, 3.8) is 0 Å². The van der Waals surface area contributed by atoms with Crippen LogP contribution in [0.25, 0.3) is 0 Å². The second-order valence-corrected chi connectivity index (χ2v) is 6.81. The van der Waals surface area contributed by atoms with Crippen LogP contribution < -0.4 is 0 Å². The Hall–Kier alpha value is -1.78. The first-order valence-electron chi connectivity index (χ1n) is 6.93. The molecule has 0 aromatic heterocycles. The highest BCUT2D eigenvalue weighted by atomic mass is 19.3. The number of halogens is 16. The van der Waals surface area contributed by atoms with Crippen LogP contribution in [0.1, 0.15) is 0 Å². The molecule has 2 nitrogen and oxygen atoms in total. The number of hydrogen-bond acceptors (Lipinski definition) is 2. The molecule has 172 valence electrons. The average molecular weight is 480 g/mol. The summed E-state index contributed by atoms with van der Waals surface area (Å²) in [6.45, 7) is 0. The predicted molar refractivity (Wildman–Crippen MR) is 54.5 cm³/mol. The lowest BCUT2D eigenvalue weighted by molar-refractivity contribution is -0.599. The SMILES string of the molecule is O=C(F)C12C(F)(F)C3(F)C(F)(F)C(F)(C1(F)F)C(F)(F)C(C(=O)F)(C3(F)F)C2(F)F. The lowest BCUT2D eigenvalue weighted by Gasteiger charge is -2.74. The molecule has 4 bridgehead atoms. The van der Waals surface area contributed by atoms with Gasteiger partial charge in [0.25, 0.3) is 10.8 Å². The van der Waals surface area contributed by atoms with Gasteiger partial charge >= 0.3 is 58.9 Å². The maximum atomic E-state index is 14.6. The summed E-state index contributed by atoms with van der Waals surface area (Å²) in [6, 6.07) is -10.3. The standard InChI is InChI=1S/C12F16O2/c13-1(29)3-7(17,18)4(2(14)30)10(23,24)5(15,8(3,19)20)12(27,28)6(16,9(3,21)22)11(4,25)26. The molecule has 18 heteroatoms. The Balaban J connectivity index is 2.86. The number of alkyl halides is 14. The second-order valence-electron chi connectivity index (χ2n) is 6.81. The van der Waals surface area contributed by atoms with Crippen molar-refractivity contribution in [1.29, 1.82) is 0 Å². The van der Waals surface area contributed by atoms with Crippen LogP contribution in [0, 0.1) is 10.8 Å². The molecule has 0 aromatic rings. The second kappa shape index (κ2) is 4.54. The van der Waals surface area contributed by atoms with Crippen LogP contribution in [-0.2, 0) is 9.59 Å². The van der Waals surface area contributed by atoms with E-state index in [1.54, 1.807) is 0 Å². The van der Waals surface area contributed by atoms with E-state index < -0.39 is 69.8 Å². The molecule has 0 heterocycles. The Kier molecular flexibility index (Phi) is 3.46. The van der Waals surface area contributed by atoms with Crippen molar-refractivity contribution in [3.8, 4) is 0 Å². The van der Waals surface area contributed by atoms with Crippen molar-refractivity contribution in [2.75, 3.05) is 0 Å². The summed E-state index contributed by atoms with van der Waals surface area (Å²) < 4.78 is 227. The highest BCUT2D eigenvalue weighted by molar-refractivity contribution is 5.91. The van der Waals surface area contributed by atoms with Gasteiger partial charge < -0.3 is 0 Å². The normalized spacial score (nSPS) is 47.7. The molecule has 0 N–H and O–H groups in total. The molecule has 0 amide bonds. The summed E-state index contributed by atoms with van der Waals surface area (Å²) in [5.74, 6) is -48.5. The van der Waals surface area contributed by atoms with Gasteiger partial charge in [0.05, 0.1) is 0 Å². The van der Waals surface area contributed by atoms with Gasteiger partial charge in [-0.3, -0.25) is 9.59 Å². The summed E-state index contributed by atoms with van der Waals surface area (Å²) in [5.41, 5.74) is -31.5. The van der Waals surface area contributed by atoms with Crippen LogP contribution in [0.4, 0.5) is 70.2 Å². The maximum Gasteiger partial charge on any atom is 0.339 e. The van der Waals surface area contributed by atoms with E-state index in [-0.39, 0.29) is 0 Å². The van der Waals surface area contributed by atoms with Gasteiger partial charge in [-0.2, -0.15) is 17.6 Å². The van der Waals surface area contributed by atoms with Gasteiger partial charge in [-0.05, 0) is 0 Å². The zero-order valence-electron chi connectivity index (χ0n) is 12.9. The number of rotatable bonds is 2. The van der Waals surface area contributed by atoms with Crippen LogP contribution in [0.3, 0.4) is 0 Å². The molecule has 4 rings (SSSR count). The van der Waals surface area contributed by atoms with Crippen molar-refractivity contribution < 1.29 is 79.8 Å². The lowest BCUT2D eigenvalue weighted by Crippen LogP contribution is -3.07. The van der Waals surface area contributed by atoms with Gasteiger partial charge in [0.1, 0.15) is 0 Å². The summed E-state index contributed by atoms with van der Waals surface area (Å²) in [6.07, 6.45) is 0. The van der Waals surface area contributed by atoms with E-state index in [0.29, 0.717) is 0 Å². The fourth-order valence-corrected chi connectivity index (χ4v) is 4.66. The molecule has 0 radical (unpaired) electrons. The topological polar surface area (TPSA) is 34.1 Å². The Bertz CT molecular complexity index is 787. The van der Waals surface area contributed by atoms with Crippen LogP contribution in [0.15, 0.2) is 0 Å². The summed E-state index contributed by atoms with van der Waals surface area (Å²) in [5, 5.41) is 0. The van der Waals surface area contributed by atoms with E-state index in [4.69, 9.17) is 0 Å². The molecular weight excluding hydrogens is 480 g/mol. The third-order valence-electron chi connectivity index (χ3n) is 6.01. The van der Waals surface area contributed by atoms with E-state index in [1.807, 2.05) is 0 Å². The Morgan fingerprint density at radius 3 is 0.733 bits per heavy atom. The molecule has 4 aliphatic rings. The lowest BCUT2D eigenvalue weighted by atomic mass is 9.33. The fraction of sp³-hybridized carbons (Fsp3) is 0.833. The molecule has 0 spiro atoms. The minimum absolute atomic E-state index is 5.14. The molecular formula is C12F16O2. The first-order chi connectivity index (χ1) is 12.9. The van der Waals surface area contributed by atoms with E-state index in [1.165, 1.54) is 0 Å². The van der Waals surface area contributed by atoms with Gasteiger partial charge in [-0.25, -0.2) is 52.7 Å². The number of hydrogen-bond donors (Lipinski definition) is 0. The maximum absolute atomic E-state index is 14.6. The monoisotopic (exact) mass is 480 g/mol. The van der Waals surface area contributed by atoms with Crippen LogP contribution in [-0.4, -0.2) is 58.9 Å². The quantitative estimate of drug-likeness (QED) is 0.439. The number of carbonyl (C=O) groups excluding carboxylic acids is 2. The zero-order chi connectivity index (χ0) is 24.2. The van der Waals surface area contributed by atoms with Crippen molar-refractivity contribution in [1.82, 2.24) is 0 Å². The third-order valence-corrected chi connectivity index (χ3v) is 6.01. The summed E-state index contributed by atoms with van der Waals surface area (Å²) >= 11 is 0. The van der Waals surface area contributed by atoms with Crippen molar-refractivity contribution in [2.45, 2.75) is 46.9 Å². The van der Waals surface area contributed by atoms with E-state index in [2.05, 4.69) is 0 Å². The first-order valence-corrected chi connectivity index (χ1v) is 6.93. The molecule has 0 saturated heterocycles. The fourth-order valence-electron chi connectivity index (χ4n) is 4.66. The molecule has 4 fully saturated rings.